The molecule has 0 aliphatic heterocycles. The summed E-state index contributed by atoms with van der Waals surface area (Å²) in [6, 6.07) is 8.47. The average Bonchev–Trinajstić information content (AvgIpc) is 2.35. The van der Waals surface area contributed by atoms with Crippen LogP contribution in [0.15, 0.2) is 36.7 Å². The fraction of sp³-hybridized carbons (Fsp3) is 0.357. The molecule has 0 radical (unpaired) electrons. The summed E-state index contributed by atoms with van der Waals surface area (Å²) in [7, 11) is 2.00. The highest BCUT2D eigenvalue weighted by Crippen LogP contribution is 2.18. The van der Waals surface area contributed by atoms with E-state index >= 15 is 0 Å². The van der Waals surface area contributed by atoms with Crippen molar-refractivity contribution in [2.75, 3.05) is 13.6 Å². The summed E-state index contributed by atoms with van der Waals surface area (Å²) in [4.78, 5) is 4.30. The van der Waals surface area contributed by atoms with Gasteiger partial charge in [0.2, 0.25) is 0 Å². The van der Waals surface area contributed by atoms with Gasteiger partial charge in [-0.3, -0.25) is 4.98 Å². The summed E-state index contributed by atoms with van der Waals surface area (Å²) < 4.78 is 0. The molecule has 0 spiro atoms. The predicted molar refractivity (Wildman–Crippen MR) is 68.6 cm³/mol. The van der Waals surface area contributed by atoms with Gasteiger partial charge in [-0.1, -0.05) is 24.3 Å². The smallest absolute Gasteiger partial charge is 0.0346 e. The summed E-state index contributed by atoms with van der Waals surface area (Å²) in [6.07, 6.45) is 7.50. The van der Waals surface area contributed by atoms with Crippen LogP contribution in [0.4, 0.5) is 0 Å². The molecule has 84 valence electrons. The SMILES string of the molecule is CNCCCCc1cncc2ccccc12. The van der Waals surface area contributed by atoms with Gasteiger partial charge in [0, 0.05) is 17.8 Å². The van der Waals surface area contributed by atoms with Crippen molar-refractivity contribution in [2.45, 2.75) is 19.3 Å². The van der Waals surface area contributed by atoms with Crippen LogP contribution in [0.2, 0.25) is 0 Å². The maximum Gasteiger partial charge on any atom is 0.0346 e. The molecule has 2 heteroatoms. The molecule has 0 saturated heterocycles. The first kappa shape index (κ1) is 11.1. The minimum Gasteiger partial charge on any atom is -0.320 e. The van der Waals surface area contributed by atoms with E-state index < -0.39 is 0 Å². The summed E-state index contributed by atoms with van der Waals surface area (Å²) in [5, 5.41) is 5.77. The molecule has 0 aliphatic rings. The lowest BCUT2D eigenvalue weighted by molar-refractivity contribution is 0.678. The minimum absolute atomic E-state index is 1.10. The lowest BCUT2D eigenvalue weighted by Crippen LogP contribution is -2.07. The molecule has 0 bridgehead atoms. The number of rotatable bonds is 5. The number of unbranched alkanes of at least 4 members (excludes halogenated alkanes) is 1. The number of aromatic nitrogens is 1. The predicted octanol–water partition coefficient (Wildman–Crippen LogP) is 2.78. The van der Waals surface area contributed by atoms with E-state index in [1.54, 1.807) is 0 Å². The zero-order chi connectivity index (χ0) is 11.2. The third-order valence-electron chi connectivity index (χ3n) is 2.87. The maximum atomic E-state index is 4.30. The third-order valence-corrected chi connectivity index (χ3v) is 2.87. The zero-order valence-electron chi connectivity index (χ0n) is 9.74. The number of fused-ring (bicyclic) bond motifs is 1. The van der Waals surface area contributed by atoms with Crippen molar-refractivity contribution in [3.05, 3.63) is 42.2 Å². The third kappa shape index (κ3) is 2.58. The van der Waals surface area contributed by atoms with Crippen molar-refractivity contribution in [1.29, 1.82) is 0 Å². The molecule has 1 N–H and O–H groups in total. The van der Waals surface area contributed by atoms with Gasteiger partial charge in [0.25, 0.3) is 0 Å². The van der Waals surface area contributed by atoms with Gasteiger partial charge in [-0.15, -0.1) is 0 Å². The van der Waals surface area contributed by atoms with E-state index in [4.69, 9.17) is 0 Å². The van der Waals surface area contributed by atoms with Gasteiger partial charge in [0.05, 0.1) is 0 Å². The van der Waals surface area contributed by atoms with Crippen LogP contribution in [0.1, 0.15) is 18.4 Å². The van der Waals surface area contributed by atoms with Gasteiger partial charge >= 0.3 is 0 Å². The molecule has 1 aromatic heterocycles. The van der Waals surface area contributed by atoms with Gasteiger partial charge in [0.1, 0.15) is 0 Å². The summed E-state index contributed by atoms with van der Waals surface area (Å²) in [6.45, 7) is 1.10. The fourth-order valence-electron chi connectivity index (χ4n) is 2.00. The fourth-order valence-corrected chi connectivity index (χ4v) is 2.00. The van der Waals surface area contributed by atoms with E-state index in [2.05, 4.69) is 34.6 Å². The highest BCUT2D eigenvalue weighted by molar-refractivity contribution is 5.84. The molecule has 16 heavy (non-hydrogen) atoms. The van der Waals surface area contributed by atoms with Crippen molar-refractivity contribution in [2.24, 2.45) is 0 Å². The number of nitrogens with one attached hydrogen (secondary N) is 1. The molecule has 2 aromatic rings. The normalized spacial score (nSPS) is 10.8. The Bertz CT molecular complexity index is 446. The molecule has 0 amide bonds. The van der Waals surface area contributed by atoms with Crippen molar-refractivity contribution in [3.8, 4) is 0 Å². The van der Waals surface area contributed by atoms with Gasteiger partial charge in [-0.25, -0.2) is 0 Å². The van der Waals surface area contributed by atoms with Gasteiger partial charge < -0.3 is 5.32 Å². The van der Waals surface area contributed by atoms with Crippen LogP contribution in [-0.2, 0) is 6.42 Å². The molecular weight excluding hydrogens is 196 g/mol. The molecular formula is C14H18N2. The first-order valence-corrected chi connectivity index (χ1v) is 5.88. The van der Waals surface area contributed by atoms with Crippen molar-refractivity contribution < 1.29 is 0 Å². The van der Waals surface area contributed by atoms with Crippen molar-refractivity contribution >= 4 is 10.8 Å². The highest BCUT2D eigenvalue weighted by Gasteiger charge is 2.00. The molecule has 0 fully saturated rings. The number of hydrogen-bond acceptors (Lipinski definition) is 2. The maximum absolute atomic E-state index is 4.30. The Labute approximate surface area is 96.7 Å². The molecule has 2 rings (SSSR count). The Balaban J connectivity index is 2.11. The highest BCUT2D eigenvalue weighted by atomic mass is 14.8. The second-order valence-electron chi connectivity index (χ2n) is 4.08. The Morgan fingerprint density at radius 2 is 2.00 bits per heavy atom. The first-order valence-electron chi connectivity index (χ1n) is 5.88. The van der Waals surface area contributed by atoms with Crippen LogP contribution in [0.3, 0.4) is 0 Å². The monoisotopic (exact) mass is 214 g/mol. The van der Waals surface area contributed by atoms with E-state index in [-0.39, 0.29) is 0 Å². The van der Waals surface area contributed by atoms with Crippen LogP contribution >= 0.6 is 0 Å². The Hall–Kier alpha value is -1.41. The summed E-state index contributed by atoms with van der Waals surface area (Å²) in [5.74, 6) is 0. The lowest BCUT2D eigenvalue weighted by Gasteiger charge is -2.05. The van der Waals surface area contributed by atoms with E-state index in [9.17, 15) is 0 Å². The van der Waals surface area contributed by atoms with Gasteiger partial charge in [-0.05, 0) is 43.8 Å². The first-order chi connectivity index (χ1) is 7.92. The number of aryl methyl sites for hydroxylation is 1. The Morgan fingerprint density at radius 1 is 1.12 bits per heavy atom. The van der Waals surface area contributed by atoms with E-state index in [0.717, 1.165) is 13.0 Å². The average molecular weight is 214 g/mol. The molecule has 0 saturated carbocycles. The number of hydrogen-bond donors (Lipinski definition) is 1. The molecule has 1 heterocycles. The quantitative estimate of drug-likeness (QED) is 0.774. The van der Waals surface area contributed by atoms with E-state index in [0.29, 0.717) is 0 Å². The van der Waals surface area contributed by atoms with Crippen LogP contribution in [0, 0.1) is 0 Å². The largest absolute Gasteiger partial charge is 0.320 e. The summed E-state index contributed by atoms with van der Waals surface area (Å²) in [5.41, 5.74) is 1.37. The zero-order valence-corrected chi connectivity index (χ0v) is 9.74. The Kier molecular flexibility index (Phi) is 3.89. The van der Waals surface area contributed by atoms with E-state index in [1.807, 2.05) is 19.4 Å². The molecule has 0 aliphatic carbocycles. The molecule has 1 aromatic carbocycles. The minimum atomic E-state index is 1.10. The molecule has 2 nitrogen and oxygen atoms in total. The van der Waals surface area contributed by atoms with Crippen LogP contribution in [0.25, 0.3) is 10.8 Å². The van der Waals surface area contributed by atoms with Crippen LogP contribution in [0.5, 0.6) is 0 Å². The number of nitrogens with zero attached hydrogens (tertiary/aromatic N) is 1. The standard InChI is InChI=1S/C14H18N2/c1-15-9-5-4-7-13-11-16-10-12-6-2-3-8-14(12)13/h2-3,6,8,10-11,15H,4-5,7,9H2,1H3. The van der Waals surface area contributed by atoms with Crippen LogP contribution in [-0.4, -0.2) is 18.6 Å². The van der Waals surface area contributed by atoms with Gasteiger partial charge in [-0.2, -0.15) is 0 Å². The number of pyridine rings is 1. The molecule has 0 unspecified atom stereocenters. The van der Waals surface area contributed by atoms with Gasteiger partial charge in [0.15, 0.2) is 0 Å². The lowest BCUT2D eigenvalue weighted by atomic mass is 10.0. The Morgan fingerprint density at radius 3 is 2.88 bits per heavy atom. The summed E-state index contributed by atoms with van der Waals surface area (Å²) >= 11 is 0. The van der Waals surface area contributed by atoms with Crippen molar-refractivity contribution in [3.63, 3.8) is 0 Å². The second kappa shape index (κ2) is 5.61. The van der Waals surface area contributed by atoms with Crippen molar-refractivity contribution in [1.82, 2.24) is 10.3 Å². The molecule has 0 atom stereocenters. The van der Waals surface area contributed by atoms with Crippen LogP contribution < -0.4 is 5.32 Å². The van der Waals surface area contributed by atoms with E-state index in [1.165, 1.54) is 29.2 Å². The topological polar surface area (TPSA) is 24.9 Å². The second-order valence-corrected chi connectivity index (χ2v) is 4.08. The number of benzene rings is 1.